The molecule has 140 valence electrons. The molecule has 0 saturated carbocycles. The van der Waals surface area contributed by atoms with E-state index in [-0.39, 0.29) is 24.7 Å². The zero-order valence-corrected chi connectivity index (χ0v) is 15.2. The molecule has 3 rings (SSSR count). The number of fused-ring (bicyclic) bond motifs is 1. The summed E-state index contributed by atoms with van der Waals surface area (Å²) in [6.45, 7) is 3.32. The van der Waals surface area contributed by atoms with Crippen LogP contribution in [0.1, 0.15) is 39.6 Å². The van der Waals surface area contributed by atoms with Crippen molar-refractivity contribution < 1.29 is 19.1 Å². The average molecular weight is 366 g/mol. The van der Waals surface area contributed by atoms with E-state index in [9.17, 15) is 14.4 Å². The number of hydrogen-bond donors (Lipinski definition) is 1. The number of anilines is 1. The summed E-state index contributed by atoms with van der Waals surface area (Å²) in [7, 11) is 0. The first-order valence-corrected chi connectivity index (χ1v) is 9.01. The van der Waals surface area contributed by atoms with E-state index >= 15 is 0 Å². The SMILES string of the molecule is CCOc1cccc(C(=O)NCCC(=O)c2ccc3c(c2)CCN3C=O)c1. The minimum absolute atomic E-state index is 0.0364. The first kappa shape index (κ1) is 18.6. The third-order valence-electron chi connectivity index (χ3n) is 4.51. The Hall–Kier alpha value is -3.15. The quantitative estimate of drug-likeness (QED) is 0.576. The van der Waals surface area contributed by atoms with Gasteiger partial charge in [0.05, 0.1) is 6.61 Å². The lowest BCUT2D eigenvalue weighted by atomic mass is 10.0. The van der Waals surface area contributed by atoms with Crippen molar-refractivity contribution in [1.29, 1.82) is 0 Å². The highest BCUT2D eigenvalue weighted by molar-refractivity contribution is 5.98. The van der Waals surface area contributed by atoms with Crippen molar-refractivity contribution in [2.24, 2.45) is 0 Å². The molecule has 27 heavy (non-hydrogen) atoms. The second-order valence-electron chi connectivity index (χ2n) is 6.28. The lowest BCUT2D eigenvalue weighted by Crippen LogP contribution is -2.26. The standard InChI is InChI=1S/C21H22N2O4/c1-2-27-18-5-3-4-17(13-18)21(26)22-10-8-20(25)16-6-7-19-15(12-16)9-11-23(19)14-24/h3-7,12-14H,2,8-11H2,1H3,(H,22,26). The van der Waals surface area contributed by atoms with Gasteiger partial charge in [0.1, 0.15) is 5.75 Å². The maximum absolute atomic E-state index is 12.4. The van der Waals surface area contributed by atoms with Crippen LogP contribution < -0.4 is 15.0 Å². The van der Waals surface area contributed by atoms with Crippen LogP contribution in [0.15, 0.2) is 42.5 Å². The summed E-state index contributed by atoms with van der Waals surface area (Å²) in [4.78, 5) is 37.2. The van der Waals surface area contributed by atoms with Crippen LogP contribution in [-0.4, -0.2) is 37.8 Å². The fourth-order valence-electron chi connectivity index (χ4n) is 3.14. The molecule has 0 spiro atoms. The topological polar surface area (TPSA) is 75.7 Å². The van der Waals surface area contributed by atoms with Crippen molar-refractivity contribution in [1.82, 2.24) is 5.32 Å². The van der Waals surface area contributed by atoms with Gasteiger partial charge in [0.15, 0.2) is 5.78 Å². The van der Waals surface area contributed by atoms with Crippen molar-refractivity contribution in [2.75, 3.05) is 24.6 Å². The van der Waals surface area contributed by atoms with Crippen molar-refractivity contribution in [3.8, 4) is 5.75 Å². The van der Waals surface area contributed by atoms with Crippen molar-refractivity contribution >= 4 is 23.8 Å². The van der Waals surface area contributed by atoms with Crippen LogP contribution >= 0.6 is 0 Å². The minimum Gasteiger partial charge on any atom is -0.494 e. The largest absolute Gasteiger partial charge is 0.494 e. The summed E-state index contributed by atoms with van der Waals surface area (Å²) in [5, 5.41) is 2.77. The van der Waals surface area contributed by atoms with Gasteiger partial charge in [-0.25, -0.2) is 0 Å². The Labute approximate surface area is 158 Å². The molecule has 2 aromatic rings. The van der Waals surface area contributed by atoms with E-state index in [1.54, 1.807) is 35.2 Å². The van der Waals surface area contributed by atoms with Gasteiger partial charge in [-0.15, -0.1) is 0 Å². The molecule has 2 aromatic carbocycles. The molecule has 0 unspecified atom stereocenters. The normalized spacial score (nSPS) is 12.4. The number of carbonyl (C=O) groups is 3. The molecular weight excluding hydrogens is 344 g/mol. The molecule has 0 fully saturated rings. The molecule has 0 radical (unpaired) electrons. The van der Waals surface area contributed by atoms with Crippen LogP contribution in [0.4, 0.5) is 5.69 Å². The maximum Gasteiger partial charge on any atom is 0.251 e. The highest BCUT2D eigenvalue weighted by atomic mass is 16.5. The van der Waals surface area contributed by atoms with Crippen LogP contribution in [0.5, 0.6) is 5.75 Å². The van der Waals surface area contributed by atoms with Gasteiger partial charge in [-0.3, -0.25) is 14.4 Å². The van der Waals surface area contributed by atoms with Crippen LogP contribution in [0.2, 0.25) is 0 Å². The van der Waals surface area contributed by atoms with Crippen molar-refractivity contribution in [2.45, 2.75) is 19.8 Å². The van der Waals surface area contributed by atoms with Gasteiger partial charge in [-0.2, -0.15) is 0 Å². The molecule has 6 heteroatoms. The summed E-state index contributed by atoms with van der Waals surface area (Å²) in [5.74, 6) is 0.370. The molecule has 1 aliphatic rings. The Morgan fingerprint density at radius 3 is 2.81 bits per heavy atom. The van der Waals surface area contributed by atoms with Crippen LogP contribution in [0, 0.1) is 0 Å². The van der Waals surface area contributed by atoms with Gasteiger partial charge in [-0.05, 0) is 55.3 Å². The molecule has 1 heterocycles. The third-order valence-corrected chi connectivity index (χ3v) is 4.51. The number of Topliss-reactive ketones (excluding diaryl/α,β-unsaturated/α-hetero) is 1. The summed E-state index contributed by atoms with van der Waals surface area (Å²) in [6.07, 6.45) is 1.78. The van der Waals surface area contributed by atoms with Crippen LogP contribution in [0.3, 0.4) is 0 Å². The molecule has 0 aromatic heterocycles. The number of rotatable bonds is 8. The number of amides is 2. The Balaban J connectivity index is 1.55. The summed E-state index contributed by atoms with van der Waals surface area (Å²) in [6, 6.07) is 12.3. The maximum atomic E-state index is 12.4. The van der Waals surface area contributed by atoms with E-state index in [0.717, 1.165) is 24.1 Å². The third kappa shape index (κ3) is 4.34. The van der Waals surface area contributed by atoms with Crippen molar-refractivity contribution in [3.63, 3.8) is 0 Å². The highest BCUT2D eigenvalue weighted by Crippen LogP contribution is 2.27. The molecule has 1 N–H and O–H groups in total. The van der Waals surface area contributed by atoms with Crippen LogP contribution in [0.25, 0.3) is 0 Å². The van der Waals surface area contributed by atoms with E-state index in [0.29, 0.717) is 30.0 Å². The number of ketones is 1. The minimum atomic E-state index is -0.236. The Bertz CT molecular complexity index is 863. The molecule has 0 bridgehead atoms. The molecule has 0 saturated heterocycles. The van der Waals surface area contributed by atoms with Gasteiger partial charge in [-0.1, -0.05) is 6.07 Å². The predicted octanol–water partition coefficient (Wildman–Crippen LogP) is 2.61. The van der Waals surface area contributed by atoms with E-state index in [1.807, 2.05) is 19.1 Å². The van der Waals surface area contributed by atoms with E-state index < -0.39 is 0 Å². The zero-order valence-electron chi connectivity index (χ0n) is 15.2. The highest BCUT2D eigenvalue weighted by Gasteiger charge is 2.20. The monoisotopic (exact) mass is 366 g/mol. The molecule has 2 amide bonds. The van der Waals surface area contributed by atoms with E-state index in [1.165, 1.54) is 0 Å². The summed E-state index contributed by atoms with van der Waals surface area (Å²) < 4.78 is 5.39. The smallest absolute Gasteiger partial charge is 0.251 e. The fourth-order valence-corrected chi connectivity index (χ4v) is 3.14. The van der Waals surface area contributed by atoms with Crippen LogP contribution in [-0.2, 0) is 11.2 Å². The Morgan fingerprint density at radius 1 is 1.19 bits per heavy atom. The molecule has 6 nitrogen and oxygen atoms in total. The Morgan fingerprint density at radius 2 is 2.04 bits per heavy atom. The lowest BCUT2D eigenvalue weighted by molar-refractivity contribution is -0.107. The average Bonchev–Trinajstić information content (AvgIpc) is 3.10. The van der Waals surface area contributed by atoms with Gasteiger partial charge >= 0.3 is 0 Å². The molecule has 0 atom stereocenters. The number of nitrogens with one attached hydrogen (secondary N) is 1. The van der Waals surface area contributed by atoms with E-state index in [4.69, 9.17) is 4.74 Å². The Kier molecular flexibility index (Phi) is 5.86. The van der Waals surface area contributed by atoms with Gasteiger partial charge < -0.3 is 15.0 Å². The van der Waals surface area contributed by atoms with Gasteiger partial charge in [0.2, 0.25) is 6.41 Å². The number of carbonyl (C=O) groups excluding carboxylic acids is 3. The molecular formula is C21H22N2O4. The number of benzene rings is 2. The predicted molar refractivity (Wildman–Crippen MR) is 102 cm³/mol. The van der Waals surface area contributed by atoms with Gasteiger partial charge in [0.25, 0.3) is 5.91 Å². The first-order chi connectivity index (χ1) is 13.1. The zero-order chi connectivity index (χ0) is 19.2. The number of ether oxygens (including phenoxy) is 1. The summed E-state index contributed by atoms with van der Waals surface area (Å²) in [5.41, 5.74) is 2.97. The van der Waals surface area contributed by atoms with Crippen molar-refractivity contribution in [3.05, 3.63) is 59.2 Å². The first-order valence-electron chi connectivity index (χ1n) is 9.01. The van der Waals surface area contributed by atoms with E-state index in [2.05, 4.69) is 5.32 Å². The lowest BCUT2D eigenvalue weighted by Gasteiger charge is -2.10. The number of hydrogen-bond acceptors (Lipinski definition) is 4. The molecule has 1 aliphatic heterocycles. The summed E-state index contributed by atoms with van der Waals surface area (Å²) >= 11 is 0. The second kappa shape index (κ2) is 8.49. The van der Waals surface area contributed by atoms with Gasteiger partial charge in [0, 0.05) is 36.3 Å². The fraction of sp³-hybridized carbons (Fsp3) is 0.286. The second-order valence-corrected chi connectivity index (χ2v) is 6.28. The molecule has 0 aliphatic carbocycles. The number of nitrogens with zero attached hydrogens (tertiary/aromatic N) is 1.